The van der Waals surface area contributed by atoms with Crippen molar-refractivity contribution in [3.63, 3.8) is 0 Å². The van der Waals surface area contributed by atoms with E-state index in [1.165, 1.54) is 9.81 Å². The first kappa shape index (κ1) is 21.3. The minimum atomic E-state index is -0.283. The number of hydrogen-bond acceptors (Lipinski definition) is 9. The van der Waals surface area contributed by atoms with Gasteiger partial charge < -0.3 is 9.47 Å². The molecule has 168 valence electrons. The minimum Gasteiger partial charge on any atom is -0.493 e. The second-order valence-electron chi connectivity index (χ2n) is 7.25. The van der Waals surface area contributed by atoms with Crippen LogP contribution in [0.15, 0.2) is 57.6 Å². The number of benzene rings is 1. The highest BCUT2D eigenvalue weighted by Gasteiger charge is 2.34. The summed E-state index contributed by atoms with van der Waals surface area (Å²) in [4.78, 5) is 15.7. The van der Waals surface area contributed by atoms with Crippen LogP contribution in [0, 0.1) is 0 Å². The van der Waals surface area contributed by atoms with Crippen molar-refractivity contribution in [1.29, 1.82) is 0 Å². The summed E-state index contributed by atoms with van der Waals surface area (Å²) in [6.45, 7) is -0.0673. The van der Waals surface area contributed by atoms with Crippen molar-refractivity contribution >= 4 is 34.3 Å². The quantitative estimate of drug-likeness (QED) is 0.399. The molecule has 1 aliphatic rings. The monoisotopic (exact) mass is 480 g/mol. The zero-order valence-electron chi connectivity index (χ0n) is 17.9. The number of amides is 1. The zero-order chi connectivity index (χ0) is 22.8. The summed E-state index contributed by atoms with van der Waals surface area (Å²) < 4.78 is 10.8. The predicted octanol–water partition coefficient (Wildman–Crippen LogP) is 3.86. The molecule has 0 saturated heterocycles. The lowest BCUT2D eigenvalue weighted by Crippen LogP contribution is -2.31. The van der Waals surface area contributed by atoms with Gasteiger partial charge in [0, 0.05) is 17.4 Å². The fraction of sp³-hybridized carbons (Fsp3) is 0.227. The number of tetrazole rings is 1. The molecule has 1 amide bonds. The Bertz CT molecular complexity index is 1280. The molecule has 4 heterocycles. The molecule has 5 rings (SSSR count). The van der Waals surface area contributed by atoms with Gasteiger partial charge in [0.05, 0.1) is 30.9 Å². The van der Waals surface area contributed by atoms with Crippen LogP contribution in [0.1, 0.15) is 22.9 Å². The number of methoxy groups -OCH3 is 2. The molecule has 0 bridgehead atoms. The molecule has 1 aliphatic heterocycles. The highest BCUT2D eigenvalue weighted by atomic mass is 32.1. The molecule has 0 fully saturated rings. The highest BCUT2D eigenvalue weighted by Crippen LogP contribution is 2.38. The molecule has 0 saturated carbocycles. The number of rotatable bonds is 7. The van der Waals surface area contributed by atoms with E-state index in [2.05, 4.69) is 15.4 Å². The maximum absolute atomic E-state index is 13.3. The predicted molar refractivity (Wildman–Crippen MR) is 126 cm³/mol. The Kier molecular flexibility index (Phi) is 5.88. The van der Waals surface area contributed by atoms with Gasteiger partial charge in [0.2, 0.25) is 5.82 Å². The topological polar surface area (TPSA) is 94.7 Å². The summed E-state index contributed by atoms with van der Waals surface area (Å²) >= 11 is 3.15. The third-order valence-corrected chi connectivity index (χ3v) is 6.87. The molecule has 0 N–H and O–H groups in total. The van der Waals surface area contributed by atoms with Gasteiger partial charge in [0.15, 0.2) is 11.5 Å². The first-order valence-electron chi connectivity index (χ1n) is 10.1. The highest BCUT2D eigenvalue weighted by molar-refractivity contribution is 7.12. The summed E-state index contributed by atoms with van der Waals surface area (Å²) in [6.07, 6.45) is 0.590. The Morgan fingerprint density at radius 3 is 2.76 bits per heavy atom. The van der Waals surface area contributed by atoms with Crippen LogP contribution in [0.4, 0.5) is 0 Å². The van der Waals surface area contributed by atoms with Gasteiger partial charge in [-0.25, -0.2) is 5.01 Å². The van der Waals surface area contributed by atoms with Crippen LogP contribution < -0.4 is 9.47 Å². The molecule has 0 radical (unpaired) electrons. The molecule has 0 unspecified atom stereocenters. The zero-order valence-corrected chi connectivity index (χ0v) is 19.5. The first-order valence-corrected chi connectivity index (χ1v) is 11.9. The lowest BCUT2D eigenvalue weighted by Gasteiger charge is -2.22. The number of aromatic nitrogens is 4. The third-order valence-electron chi connectivity index (χ3n) is 5.27. The van der Waals surface area contributed by atoms with E-state index in [1.54, 1.807) is 36.9 Å². The summed E-state index contributed by atoms with van der Waals surface area (Å²) in [7, 11) is 3.19. The Labute approximate surface area is 197 Å². The van der Waals surface area contributed by atoms with Crippen molar-refractivity contribution in [2.75, 3.05) is 14.2 Å². The van der Waals surface area contributed by atoms with Gasteiger partial charge in [-0.15, -0.1) is 21.5 Å². The second-order valence-corrected chi connectivity index (χ2v) is 8.98. The number of hydrazone groups is 1. The van der Waals surface area contributed by atoms with Crippen molar-refractivity contribution in [3.8, 4) is 22.9 Å². The maximum atomic E-state index is 13.3. The van der Waals surface area contributed by atoms with Crippen LogP contribution in [0.25, 0.3) is 11.4 Å². The van der Waals surface area contributed by atoms with E-state index in [0.29, 0.717) is 23.7 Å². The second kappa shape index (κ2) is 9.12. The van der Waals surface area contributed by atoms with E-state index >= 15 is 0 Å². The van der Waals surface area contributed by atoms with E-state index in [4.69, 9.17) is 14.6 Å². The van der Waals surface area contributed by atoms with Crippen molar-refractivity contribution in [3.05, 3.63) is 63.0 Å². The Hall–Kier alpha value is -3.57. The van der Waals surface area contributed by atoms with Crippen LogP contribution in [0.3, 0.4) is 0 Å². The normalized spacial score (nSPS) is 15.5. The maximum Gasteiger partial charge on any atom is 0.266 e. The molecule has 1 aromatic carbocycles. The molecule has 0 aliphatic carbocycles. The minimum absolute atomic E-state index is 0.0673. The molecular formula is C22H20N6O3S2. The average Bonchev–Trinajstić information content (AvgIpc) is 3.63. The SMILES string of the molecule is COc1ccc([C@H]2CC(c3cccs3)=NN2C(=O)Cn2nnc(-c3ccsc3)n2)cc1OC. The Morgan fingerprint density at radius 2 is 2.03 bits per heavy atom. The lowest BCUT2D eigenvalue weighted by molar-refractivity contribution is -0.134. The number of ether oxygens (including phenoxy) is 2. The standard InChI is InChI=1S/C22H20N6O3S2/c1-30-18-6-5-14(10-19(18)31-2)17-11-16(20-4-3-8-33-20)24-28(17)21(29)12-27-25-22(23-26-27)15-7-9-32-13-15/h3-10,13,17H,11-12H2,1-2H3/t17-/m1/s1. The van der Waals surface area contributed by atoms with Gasteiger partial charge in [-0.2, -0.15) is 21.2 Å². The average molecular weight is 481 g/mol. The first-order chi connectivity index (χ1) is 16.2. The van der Waals surface area contributed by atoms with E-state index in [0.717, 1.165) is 21.7 Å². The van der Waals surface area contributed by atoms with Crippen LogP contribution in [-0.2, 0) is 11.3 Å². The van der Waals surface area contributed by atoms with E-state index < -0.39 is 0 Å². The van der Waals surface area contributed by atoms with Crippen molar-refractivity contribution in [2.45, 2.75) is 19.0 Å². The number of carbonyl (C=O) groups is 1. The van der Waals surface area contributed by atoms with Crippen LogP contribution in [-0.4, -0.2) is 51.1 Å². The lowest BCUT2D eigenvalue weighted by atomic mass is 10.0. The molecule has 9 nitrogen and oxygen atoms in total. The van der Waals surface area contributed by atoms with E-state index in [1.807, 2.05) is 52.5 Å². The Balaban J connectivity index is 1.43. The van der Waals surface area contributed by atoms with E-state index in [9.17, 15) is 4.79 Å². The molecule has 11 heteroatoms. The van der Waals surface area contributed by atoms with Crippen molar-refractivity contribution < 1.29 is 14.3 Å². The van der Waals surface area contributed by atoms with Crippen molar-refractivity contribution in [1.82, 2.24) is 25.2 Å². The third kappa shape index (κ3) is 4.24. The molecule has 1 atom stereocenters. The number of carbonyl (C=O) groups excluding carboxylic acids is 1. The van der Waals surface area contributed by atoms with Gasteiger partial charge in [-0.3, -0.25) is 4.79 Å². The largest absolute Gasteiger partial charge is 0.493 e. The molecule has 33 heavy (non-hydrogen) atoms. The summed E-state index contributed by atoms with van der Waals surface area (Å²) in [5, 5.41) is 24.6. The van der Waals surface area contributed by atoms with Gasteiger partial charge in [-0.1, -0.05) is 12.1 Å². The van der Waals surface area contributed by atoms with Crippen LogP contribution in [0.2, 0.25) is 0 Å². The smallest absolute Gasteiger partial charge is 0.266 e. The number of thiophene rings is 2. The van der Waals surface area contributed by atoms with Crippen LogP contribution >= 0.6 is 22.7 Å². The van der Waals surface area contributed by atoms with Crippen LogP contribution in [0.5, 0.6) is 11.5 Å². The summed E-state index contributed by atoms with van der Waals surface area (Å²) in [5.74, 6) is 1.50. The Morgan fingerprint density at radius 1 is 1.15 bits per heavy atom. The molecule has 3 aromatic heterocycles. The molecule has 0 spiro atoms. The fourth-order valence-corrected chi connectivity index (χ4v) is 5.02. The molecular weight excluding hydrogens is 460 g/mol. The van der Waals surface area contributed by atoms with Gasteiger partial charge in [0.25, 0.3) is 5.91 Å². The fourth-order valence-electron chi connectivity index (χ4n) is 3.66. The van der Waals surface area contributed by atoms with Gasteiger partial charge in [-0.05, 0) is 45.8 Å². The van der Waals surface area contributed by atoms with Crippen molar-refractivity contribution in [2.24, 2.45) is 5.10 Å². The van der Waals surface area contributed by atoms with E-state index in [-0.39, 0.29) is 18.5 Å². The van der Waals surface area contributed by atoms with Gasteiger partial charge >= 0.3 is 0 Å². The van der Waals surface area contributed by atoms with Gasteiger partial charge in [0.1, 0.15) is 6.54 Å². The molecule has 4 aromatic rings. The number of hydrogen-bond donors (Lipinski definition) is 0. The summed E-state index contributed by atoms with van der Waals surface area (Å²) in [5.41, 5.74) is 2.64. The summed E-state index contributed by atoms with van der Waals surface area (Å²) in [6, 6.07) is 11.3. The number of nitrogens with zero attached hydrogens (tertiary/aromatic N) is 6.